The summed E-state index contributed by atoms with van der Waals surface area (Å²) in [5, 5.41) is 3.10. The molecule has 0 aromatic heterocycles. The van der Waals surface area contributed by atoms with Gasteiger partial charge in [0.1, 0.15) is 11.6 Å². The first-order valence-electron chi connectivity index (χ1n) is 12.1. The summed E-state index contributed by atoms with van der Waals surface area (Å²) >= 11 is 0. The first-order chi connectivity index (χ1) is 16.7. The Morgan fingerprint density at radius 3 is 1.91 bits per heavy atom. The van der Waals surface area contributed by atoms with Gasteiger partial charge in [0.2, 0.25) is 5.91 Å². The number of rotatable bonds is 6. The highest BCUT2D eigenvalue weighted by molar-refractivity contribution is 5.93. The van der Waals surface area contributed by atoms with E-state index in [0.717, 1.165) is 47.6 Å². The van der Waals surface area contributed by atoms with Crippen molar-refractivity contribution in [1.82, 2.24) is 9.80 Å². The summed E-state index contributed by atoms with van der Waals surface area (Å²) in [4.78, 5) is 17.4. The molecule has 1 atom stereocenters. The molecule has 1 aliphatic rings. The van der Waals surface area contributed by atoms with Gasteiger partial charge in [0.05, 0.1) is 12.6 Å². The minimum atomic E-state index is -0.283. The lowest BCUT2D eigenvalue weighted by Crippen LogP contribution is -2.54. The zero-order valence-electron chi connectivity index (χ0n) is 20.8. The minimum absolute atomic E-state index is 0.0195. The molecule has 1 unspecified atom stereocenters. The lowest BCUT2D eigenvalue weighted by molar-refractivity contribution is -0.118. The second kappa shape index (κ2) is 10.7. The van der Waals surface area contributed by atoms with E-state index < -0.39 is 0 Å². The molecule has 0 aliphatic carbocycles. The summed E-state index contributed by atoms with van der Waals surface area (Å²) in [5.41, 5.74) is 6.12. The lowest BCUT2D eigenvalue weighted by Gasteiger charge is -2.43. The number of piperazine rings is 1. The van der Waals surface area contributed by atoms with Gasteiger partial charge in [0.15, 0.2) is 0 Å². The van der Waals surface area contributed by atoms with Gasteiger partial charge in [-0.2, -0.15) is 0 Å². The summed E-state index contributed by atoms with van der Waals surface area (Å²) in [6, 6.07) is 17.2. The SMILES string of the molecule is Cc1cc(C)c(NC(=O)CN2CCN(C(c3ccc(F)cc3)c3ccc(F)cc3)CC2C)c(C)c1. The number of benzene rings is 3. The van der Waals surface area contributed by atoms with Crippen LogP contribution in [-0.4, -0.2) is 47.9 Å². The van der Waals surface area contributed by atoms with E-state index >= 15 is 0 Å². The molecule has 1 aliphatic heterocycles. The molecule has 4 rings (SSSR count). The van der Waals surface area contributed by atoms with Crippen molar-refractivity contribution in [2.24, 2.45) is 0 Å². The quantitative estimate of drug-likeness (QED) is 0.500. The van der Waals surface area contributed by atoms with E-state index in [4.69, 9.17) is 0 Å². The maximum atomic E-state index is 13.6. The molecular weight excluding hydrogens is 444 g/mol. The fourth-order valence-corrected chi connectivity index (χ4v) is 5.14. The predicted octanol–water partition coefficient (Wildman–Crippen LogP) is 5.62. The van der Waals surface area contributed by atoms with E-state index in [1.54, 1.807) is 24.3 Å². The zero-order chi connectivity index (χ0) is 25.1. The van der Waals surface area contributed by atoms with Crippen molar-refractivity contribution in [3.05, 3.63) is 100 Å². The number of hydrogen-bond donors (Lipinski definition) is 1. The molecule has 35 heavy (non-hydrogen) atoms. The molecule has 1 saturated heterocycles. The largest absolute Gasteiger partial charge is 0.324 e. The molecule has 4 nitrogen and oxygen atoms in total. The van der Waals surface area contributed by atoms with E-state index in [0.29, 0.717) is 6.54 Å². The van der Waals surface area contributed by atoms with Gasteiger partial charge in [-0.25, -0.2) is 8.78 Å². The zero-order valence-corrected chi connectivity index (χ0v) is 20.8. The summed E-state index contributed by atoms with van der Waals surface area (Å²) in [6.07, 6.45) is 0. The number of halogens is 2. The van der Waals surface area contributed by atoms with Crippen molar-refractivity contribution < 1.29 is 13.6 Å². The Hall–Kier alpha value is -3.09. The first-order valence-corrected chi connectivity index (χ1v) is 12.1. The molecule has 3 aromatic rings. The Morgan fingerprint density at radius 2 is 1.43 bits per heavy atom. The highest BCUT2D eigenvalue weighted by Crippen LogP contribution is 2.31. The van der Waals surface area contributed by atoms with Gasteiger partial charge in [-0.1, -0.05) is 42.0 Å². The van der Waals surface area contributed by atoms with E-state index in [-0.39, 0.29) is 29.6 Å². The minimum Gasteiger partial charge on any atom is -0.324 e. The van der Waals surface area contributed by atoms with Crippen molar-refractivity contribution in [2.45, 2.75) is 39.8 Å². The number of carbonyl (C=O) groups is 1. The van der Waals surface area contributed by atoms with Gasteiger partial charge >= 0.3 is 0 Å². The van der Waals surface area contributed by atoms with E-state index in [9.17, 15) is 13.6 Å². The second-order valence-electron chi connectivity index (χ2n) is 9.64. The summed E-state index contributed by atoms with van der Waals surface area (Å²) in [5.74, 6) is -0.585. The molecule has 0 saturated carbocycles. The van der Waals surface area contributed by atoms with Gasteiger partial charge in [0.25, 0.3) is 0 Å². The maximum absolute atomic E-state index is 13.6. The van der Waals surface area contributed by atoms with Gasteiger partial charge in [-0.05, 0) is 74.2 Å². The lowest BCUT2D eigenvalue weighted by atomic mass is 9.95. The Kier molecular flexibility index (Phi) is 7.63. The van der Waals surface area contributed by atoms with Crippen LogP contribution in [0.15, 0.2) is 60.7 Å². The molecule has 1 N–H and O–H groups in total. The summed E-state index contributed by atoms with van der Waals surface area (Å²) in [7, 11) is 0. The number of nitrogens with zero attached hydrogens (tertiary/aromatic N) is 2. The number of carbonyl (C=O) groups excluding carboxylic acids is 1. The van der Waals surface area contributed by atoms with Crippen LogP contribution < -0.4 is 5.32 Å². The normalized spacial score (nSPS) is 17.1. The molecule has 1 fully saturated rings. The van der Waals surface area contributed by atoms with E-state index in [1.165, 1.54) is 29.8 Å². The number of nitrogens with one attached hydrogen (secondary N) is 1. The van der Waals surface area contributed by atoms with Crippen LogP contribution >= 0.6 is 0 Å². The molecule has 0 spiro atoms. The predicted molar refractivity (Wildman–Crippen MR) is 137 cm³/mol. The molecule has 0 radical (unpaired) electrons. The fraction of sp³-hybridized carbons (Fsp3) is 0.345. The summed E-state index contributed by atoms with van der Waals surface area (Å²) in [6.45, 7) is 10.7. The van der Waals surface area contributed by atoms with Crippen LogP contribution in [0.2, 0.25) is 0 Å². The third-order valence-corrected chi connectivity index (χ3v) is 6.82. The number of hydrogen-bond acceptors (Lipinski definition) is 3. The monoisotopic (exact) mass is 477 g/mol. The highest BCUT2D eigenvalue weighted by Gasteiger charge is 2.31. The van der Waals surface area contributed by atoms with E-state index in [1.807, 2.05) is 13.8 Å². The molecule has 1 amide bonds. The number of aryl methyl sites for hydroxylation is 3. The van der Waals surface area contributed by atoms with Crippen LogP contribution in [0.1, 0.15) is 40.8 Å². The fourth-order valence-electron chi connectivity index (χ4n) is 5.14. The van der Waals surface area contributed by atoms with Crippen LogP contribution in [0, 0.1) is 32.4 Å². The Morgan fingerprint density at radius 1 is 0.914 bits per heavy atom. The maximum Gasteiger partial charge on any atom is 0.238 e. The van der Waals surface area contributed by atoms with Gasteiger partial charge < -0.3 is 5.32 Å². The van der Waals surface area contributed by atoms with Crippen molar-refractivity contribution in [3.63, 3.8) is 0 Å². The van der Waals surface area contributed by atoms with Gasteiger partial charge in [-0.15, -0.1) is 0 Å². The topological polar surface area (TPSA) is 35.6 Å². The van der Waals surface area contributed by atoms with Gasteiger partial charge in [0, 0.05) is 31.4 Å². The molecule has 184 valence electrons. The van der Waals surface area contributed by atoms with Crippen molar-refractivity contribution in [3.8, 4) is 0 Å². The molecule has 6 heteroatoms. The van der Waals surface area contributed by atoms with Crippen LogP contribution in [0.5, 0.6) is 0 Å². The molecule has 3 aromatic carbocycles. The van der Waals surface area contributed by atoms with Crippen LogP contribution in [0.3, 0.4) is 0 Å². The Labute approximate surface area is 206 Å². The highest BCUT2D eigenvalue weighted by atomic mass is 19.1. The average molecular weight is 478 g/mol. The van der Waals surface area contributed by atoms with Crippen LogP contribution in [-0.2, 0) is 4.79 Å². The van der Waals surface area contributed by atoms with Crippen molar-refractivity contribution in [1.29, 1.82) is 0 Å². The molecular formula is C29H33F2N3O. The third-order valence-electron chi connectivity index (χ3n) is 6.82. The standard InChI is InChI=1S/C29H33F2N3O/c1-19-15-20(2)28(21(3)16-19)32-27(35)18-33-13-14-34(17-22(33)4)29(23-5-9-25(30)10-6-23)24-7-11-26(31)12-8-24/h5-12,15-16,22,29H,13-14,17-18H2,1-4H3,(H,32,35). The second-order valence-corrected chi connectivity index (χ2v) is 9.64. The number of anilines is 1. The average Bonchev–Trinajstić information content (AvgIpc) is 2.81. The first kappa shape index (κ1) is 25.0. The Bertz CT molecular complexity index is 1110. The summed E-state index contributed by atoms with van der Waals surface area (Å²) < 4.78 is 27.2. The van der Waals surface area contributed by atoms with Crippen LogP contribution in [0.25, 0.3) is 0 Å². The third kappa shape index (κ3) is 5.95. The van der Waals surface area contributed by atoms with E-state index in [2.05, 4.69) is 41.1 Å². The number of amides is 1. The molecule has 0 bridgehead atoms. The smallest absolute Gasteiger partial charge is 0.238 e. The Balaban J connectivity index is 1.46. The van der Waals surface area contributed by atoms with Crippen molar-refractivity contribution >= 4 is 11.6 Å². The van der Waals surface area contributed by atoms with Crippen LogP contribution in [0.4, 0.5) is 14.5 Å². The van der Waals surface area contributed by atoms with Gasteiger partial charge in [-0.3, -0.25) is 14.6 Å². The molecule has 1 heterocycles. The van der Waals surface area contributed by atoms with Crippen molar-refractivity contribution in [2.75, 3.05) is 31.5 Å².